The van der Waals surface area contributed by atoms with E-state index in [0.29, 0.717) is 11.3 Å². The van der Waals surface area contributed by atoms with Crippen LogP contribution in [0.3, 0.4) is 0 Å². The molecule has 0 aliphatic heterocycles. The normalized spacial score (nSPS) is 13.4. The van der Waals surface area contributed by atoms with Gasteiger partial charge in [0.2, 0.25) is 17.7 Å². The Morgan fingerprint density at radius 2 is 1.51 bits per heavy atom. The molecule has 3 aromatic rings. The van der Waals surface area contributed by atoms with E-state index in [4.69, 9.17) is 9.15 Å². The molecule has 0 unspecified atom stereocenters. The Balaban J connectivity index is 1.81. The number of anilines is 1. The maximum atomic E-state index is 13.7. The van der Waals surface area contributed by atoms with Gasteiger partial charge in [0.25, 0.3) is 0 Å². The summed E-state index contributed by atoms with van der Waals surface area (Å²) in [6, 6.07) is 11.8. The number of benzene rings is 2. The largest absolute Gasteiger partial charge is 0.444 e. The third-order valence-electron chi connectivity index (χ3n) is 6.66. The second-order valence-electron chi connectivity index (χ2n) is 12.3. The highest BCUT2D eigenvalue weighted by molar-refractivity contribution is 6.00. The summed E-state index contributed by atoms with van der Waals surface area (Å²) in [5.41, 5.74) is 0.812. The van der Waals surface area contributed by atoms with Crippen LogP contribution in [0.2, 0.25) is 0 Å². The van der Waals surface area contributed by atoms with Crippen LogP contribution in [0.1, 0.15) is 52.2 Å². The lowest BCUT2D eigenvalue weighted by Crippen LogP contribution is -2.58. The highest BCUT2D eigenvalue weighted by Crippen LogP contribution is 2.21. The van der Waals surface area contributed by atoms with Crippen molar-refractivity contribution in [2.45, 2.75) is 78.1 Å². The van der Waals surface area contributed by atoms with E-state index >= 15 is 0 Å². The Bertz CT molecular complexity index is 1560. The van der Waals surface area contributed by atoms with Crippen LogP contribution in [-0.4, -0.2) is 59.3 Å². The second kappa shape index (κ2) is 15.3. The molecule has 3 atom stereocenters. The third-order valence-corrected chi connectivity index (χ3v) is 6.66. The number of carbonyl (C=O) groups excluding carboxylic acids is 4. The number of rotatable bonds is 12. The monoisotopic (exact) mass is 622 g/mol. The summed E-state index contributed by atoms with van der Waals surface area (Å²) < 4.78 is 10.5. The van der Waals surface area contributed by atoms with Gasteiger partial charge in [0, 0.05) is 29.6 Å². The molecule has 2 aromatic carbocycles. The first-order chi connectivity index (χ1) is 21.1. The highest BCUT2D eigenvalue weighted by atomic mass is 16.6. The topological polar surface area (TPSA) is 176 Å². The molecule has 0 radical (unpaired) electrons. The average molecular weight is 623 g/mol. The molecule has 3 rings (SSSR count). The predicted molar refractivity (Wildman–Crippen MR) is 170 cm³/mol. The molecule has 12 heteroatoms. The lowest BCUT2D eigenvalue weighted by atomic mass is 10.0. The van der Waals surface area contributed by atoms with Crippen LogP contribution in [0.4, 0.5) is 10.5 Å². The summed E-state index contributed by atoms with van der Waals surface area (Å²) >= 11 is 0. The fourth-order valence-electron chi connectivity index (χ4n) is 4.58. The number of hydrogen-bond donors (Lipinski definition) is 5. The van der Waals surface area contributed by atoms with Gasteiger partial charge in [-0.25, -0.2) is 9.59 Å². The Morgan fingerprint density at radius 3 is 2.13 bits per heavy atom. The minimum atomic E-state index is -1.39. The summed E-state index contributed by atoms with van der Waals surface area (Å²) in [6.45, 7) is 9.81. The first-order valence-corrected chi connectivity index (χ1v) is 14.8. The van der Waals surface area contributed by atoms with Crippen molar-refractivity contribution in [1.29, 1.82) is 0 Å². The van der Waals surface area contributed by atoms with E-state index in [1.807, 2.05) is 19.9 Å². The number of hydrogen-bond acceptors (Lipinski definition) is 8. The molecule has 0 aliphatic rings. The number of aliphatic hydroxyl groups excluding tert-OH is 1. The van der Waals surface area contributed by atoms with Crippen molar-refractivity contribution in [3.05, 3.63) is 76.1 Å². The molecule has 0 aliphatic carbocycles. The Kier molecular flexibility index (Phi) is 11.9. The SMILES string of the molecule is Cc1cc(=O)oc2cc(NC(=O)[C@H](CC(C)C)NC(=O)[C@H](Cc3ccccc3)NC(=O)[C@H](CO)NC(=O)OC(C)(C)C)ccc12. The van der Waals surface area contributed by atoms with Gasteiger partial charge in [-0.2, -0.15) is 0 Å². The zero-order valence-electron chi connectivity index (χ0n) is 26.4. The summed E-state index contributed by atoms with van der Waals surface area (Å²) in [5.74, 6) is -1.94. The maximum Gasteiger partial charge on any atom is 0.408 e. The smallest absolute Gasteiger partial charge is 0.408 e. The number of ether oxygens (including phenoxy) is 1. The lowest BCUT2D eigenvalue weighted by Gasteiger charge is -2.26. The zero-order valence-corrected chi connectivity index (χ0v) is 26.4. The quantitative estimate of drug-likeness (QED) is 0.191. The second-order valence-corrected chi connectivity index (χ2v) is 12.3. The van der Waals surface area contributed by atoms with Gasteiger partial charge in [-0.15, -0.1) is 0 Å². The number of aliphatic hydroxyl groups is 1. The molecule has 4 amide bonds. The molecular weight excluding hydrogens is 580 g/mol. The number of nitrogens with one attached hydrogen (secondary N) is 4. The molecular formula is C33H42N4O8. The van der Waals surface area contributed by atoms with Gasteiger partial charge in [-0.1, -0.05) is 44.2 Å². The number of amides is 4. The average Bonchev–Trinajstić information content (AvgIpc) is 2.94. The number of aryl methyl sites for hydroxylation is 1. The molecule has 0 spiro atoms. The highest BCUT2D eigenvalue weighted by Gasteiger charge is 2.31. The van der Waals surface area contributed by atoms with E-state index in [1.165, 1.54) is 6.07 Å². The van der Waals surface area contributed by atoms with Crippen molar-refractivity contribution >= 4 is 40.5 Å². The molecule has 45 heavy (non-hydrogen) atoms. The van der Waals surface area contributed by atoms with Crippen molar-refractivity contribution in [2.75, 3.05) is 11.9 Å². The summed E-state index contributed by atoms with van der Waals surface area (Å²) in [5, 5.41) is 21.0. The van der Waals surface area contributed by atoms with Crippen molar-refractivity contribution in [2.24, 2.45) is 5.92 Å². The van der Waals surface area contributed by atoms with E-state index < -0.39 is 59.8 Å². The molecule has 0 saturated heterocycles. The zero-order chi connectivity index (χ0) is 33.3. The first-order valence-electron chi connectivity index (χ1n) is 14.8. The molecule has 242 valence electrons. The van der Waals surface area contributed by atoms with E-state index in [0.717, 1.165) is 16.5 Å². The van der Waals surface area contributed by atoms with Crippen LogP contribution in [-0.2, 0) is 25.5 Å². The van der Waals surface area contributed by atoms with Gasteiger partial charge < -0.3 is 35.5 Å². The van der Waals surface area contributed by atoms with Gasteiger partial charge in [-0.3, -0.25) is 14.4 Å². The van der Waals surface area contributed by atoms with Crippen molar-refractivity contribution in [1.82, 2.24) is 16.0 Å². The Hall–Kier alpha value is -4.71. The molecule has 1 heterocycles. The van der Waals surface area contributed by atoms with E-state index in [1.54, 1.807) is 70.2 Å². The standard InChI is InChI=1S/C33H42N4O8/c1-19(2)14-24(29(40)34-22-12-13-23-20(3)15-28(39)44-27(23)17-22)35-30(41)25(16-21-10-8-7-9-11-21)36-31(42)26(18-38)37-32(43)45-33(4,5)6/h7-13,15,17,19,24-26,38H,14,16,18H2,1-6H3,(H,34,40)(H,35,41)(H,36,42)(H,37,43)/t24-,25-,26-/m0/s1. The molecule has 12 nitrogen and oxygen atoms in total. The van der Waals surface area contributed by atoms with Crippen molar-refractivity contribution < 1.29 is 33.4 Å². The fraction of sp³-hybridized carbons (Fsp3) is 0.424. The van der Waals surface area contributed by atoms with Gasteiger partial charge in [0.05, 0.1) is 6.61 Å². The lowest BCUT2D eigenvalue weighted by molar-refractivity contribution is -0.132. The summed E-state index contributed by atoms with van der Waals surface area (Å²) in [7, 11) is 0. The number of fused-ring (bicyclic) bond motifs is 1. The Morgan fingerprint density at radius 1 is 0.867 bits per heavy atom. The fourth-order valence-corrected chi connectivity index (χ4v) is 4.58. The van der Waals surface area contributed by atoms with Gasteiger partial charge in [0.15, 0.2) is 0 Å². The van der Waals surface area contributed by atoms with E-state index in [2.05, 4.69) is 21.3 Å². The van der Waals surface area contributed by atoms with Crippen LogP contribution < -0.4 is 26.9 Å². The van der Waals surface area contributed by atoms with Gasteiger partial charge >= 0.3 is 11.7 Å². The Labute approximate surface area is 261 Å². The van der Waals surface area contributed by atoms with Gasteiger partial charge in [0.1, 0.15) is 29.3 Å². The van der Waals surface area contributed by atoms with Crippen molar-refractivity contribution in [3.63, 3.8) is 0 Å². The molecule has 1 aromatic heterocycles. The minimum Gasteiger partial charge on any atom is -0.444 e. The van der Waals surface area contributed by atoms with Crippen LogP contribution >= 0.6 is 0 Å². The summed E-state index contributed by atoms with van der Waals surface area (Å²) in [6.07, 6.45) is -0.551. The van der Waals surface area contributed by atoms with Crippen LogP contribution in [0.5, 0.6) is 0 Å². The van der Waals surface area contributed by atoms with E-state index in [9.17, 15) is 29.1 Å². The minimum absolute atomic E-state index is 0.0114. The first kappa shape index (κ1) is 34.8. The molecule has 0 bridgehead atoms. The number of carbonyl (C=O) groups is 4. The van der Waals surface area contributed by atoms with Crippen LogP contribution in [0.15, 0.2) is 63.8 Å². The van der Waals surface area contributed by atoms with Gasteiger partial charge in [-0.05, 0) is 63.3 Å². The predicted octanol–water partition coefficient (Wildman–Crippen LogP) is 3.18. The van der Waals surface area contributed by atoms with Crippen LogP contribution in [0, 0.1) is 12.8 Å². The molecule has 0 fully saturated rings. The molecule has 5 N–H and O–H groups in total. The van der Waals surface area contributed by atoms with Crippen LogP contribution in [0.25, 0.3) is 11.0 Å². The molecule has 0 saturated carbocycles. The third kappa shape index (κ3) is 10.8. The van der Waals surface area contributed by atoms with E-state index in [-0.39, 0.29) is 18.8 Å². The van der Waals surface area contributed by atoms with Crippen molar-refractivity contribution in [3.8, 4) is 0 Å². The number of alkyl carbamates (subject to hydrolysis) is 1. The summed E-state index contributed by atoms with van der Waals surface area (Å²) in [4.78, 5) is 64.4. The maximum absolute atomic E-state index is 13.7.